The topological polar surface area (TPSA) is 18.5 Å². The van der Waals surface area contributed by atoms with Gasteiger partial charge in [0.25, 0.3) is 0 Å². The summed E-state index contributed by atoms with van der Waals surface area (Å²) >= 11 is 0. The van der Waals surface area contributed by atoms with Gasteiger partial charge in [-0.25, -0.2) is 0 Å². The molecular formula is C15H25N3. The van der Waals surface area contributed by atoms with Gasteiger partial charge in [0.05, 0.1) is 0 Å². The second-order valence-corrected chi connectivity index (χ2v) is 5.40. The van der Waals surface area contributed by atoms with E-state index in [2.05, 4.69) is 54.3 Å². The van der Waals surface area contributed by atoms with Crippen LogP contribution in [-0.4, -0.2) is 43.5 Å². The molecule has 0 radical (unpaired) electrons. The molecule has 0 saturated carbocycles. The van der Waals surface area contributed by atoms with Crippen LogP contribution < -0.4 is 5.32 Å². The van der Waals surface area contributed by atoms with Crippen LogP contribution in [0.2, 0.25) is 0 Å². The van der Waals surface area contributed by atoms with Crippen molar-refractivity contribution in [1.29, 1.82) is 0 Å². The van der Waals surface area contributed by atoms with Gasteiger partial charge in [0.15, 0.2) is 0 Å². The quantitative estimate of drug-likeness (QED) is 0.825. The molecule has 18 heavy (non-hydrogen) atoms. The number of hydrogen-bond acceptors (Lipinski definition) is 3. The first kappa shape index (κ1) is 13.5. The van der Waals surface area contributed by atoms with Crippen LogP contribution in [0.1, 0.15) is 23.6 Å². The molecule has 0 fully saturated rings. The summed E-state index contributed by atoms with van der Waals surface area (Å²) in [6.45, 7) is 8.69. The Morgan fingerprint density at radius 1 is 1.22 bits per heavy atom. The molecule has 1 heterocycles. The zero-order valence-electron chi connectivity index (χ0n) is 11.9. The van der Waals surface area contributed by atoms with Crippen molar-refractivity contribution in [2.75, 3.05) is 33.7 Å². The monoisotopic (exact) mass is 247 g/mol. The molecule has 1 aromatic rings. The number of nitrogens with one attached hydrogen (secondary N) is 1. The van der Waals surface area contributed by atoms with E-state index in [1.165, 1.54) is 16.7 Å². The fourth-order valence-electron chi connectivity index (χ4n) is 2.40. The maximum absolute atomic E-state index is 3.39. The molecule has 0 atom stereocenters. The van der Waals surface area contributed by atoms with E-state index in [1.54, 1.807) is 0 Å². The minimum Gasteiger partial charge on any atom is -0.313 e. The average molecular weight is 247 g/mol. The van der Waals surface area contributed by atoms with Crippen molar-refractivity contribution in [3.63, 3.8) is 0 Å². The van der Waals surface area contributed by atoms with Crippen molar-refractivity contribution < 1.29 is 0 Å². The lowest BCUT2D eigenvalue weighted by Crippen LogP contribution is -2.27. The van der Waals surface area contributed by atoms with Crippen LogP contribution in [0.4, 0.5) is 0 Å². The Hall–Kier alpha value is -0.900. The number of benzene rings is 1. The molecule has 2 rings (SSSR count). The van der Waals surface area contributed by atoms with Crippen LogP contribution in [0.3, 0.4) is 0 Å². The average Bonchev–Trinajstić information content (AvgIpc) is 2.75. The Kier molecular flexibility index (Phi) is 4.75. The predicted molar refractivity (Wildman–Crippen MR) is 76.5 cm³/mol. The minimum atomic E-state index is 0.988. The highest BCUT2D eigenvalue weighted by Gasteiger charge is 2.18. The first-order valence-corrected chi connectivity index (χ1v) is 6.87. The van der Waals surface area contributed by atoms with Crippen molar-refractivity contribution >= 4 is 0 Å². The van der Waals surface area contributed by atoms with Gasteiger partial charge in [0.1, 0.15) is 0 Å². The van der Waals surface area contributed by atoms with Gasteiger partial charge in [-0.3, -0.25) is 4.90 Å². The molecule has 1 aliphatic heterocycles. The molecule has 100 valence electrons. The van der Waals surface area contributed by atoms with E-state index in [1.807, 2.05) is 0 Å². The molecule has 0 saturated heterocycles. The Morgan fingerprint density at radius 3 is 2.72 bits per heavy atom. The van der Waals surface area contributed by atoms with E-state index >= 15 is 0 Å². The lowest BCUT2D eigenvalue weighted by Gasteiger charge is -2.17. The highest BCUT2D eigenvalue weighted by molar-refractivity contribution is 5.34. The largest absolute Gasteiger partial charge is 0.313 e. The number of hydrogen-bond donors (Lipinski definition) is 1. The predicted octanol–water partition coefficient (Wildman–Crippen LogP) is 1.67. The summed E-state index contributed by atoms with van der Waals surface area (Å²) in [6, 6.07) is 6.93. The van der Waals surface area contributed by atoms with Crippen LogP contribution in [0, 0.1) is 0 Å². The second kappa shape index (κ2) is 6.32. The molecule has 0 unspecified atom stereocenters. The van der Waals surface area contributed by atoms with Gasteiger partial charge in [0, 0.05) is 32.7 Å². The van der Waals surface area contributed by atoms with Gasteiger partial charge in [-0.15, -0.1) is 0 Å². The molecular weight excluding hydrogens is 222 g/mol. The summed E-state index contributed by atoms with van der Waals surface area (Å²) in [5.41, 5.74) is 4.43. The maximum Gasteiger partial charge on any atom is 0.0241 e. The highest BCUT2D eigenvalue weighted by Crippen LogP contribution is 2.23. The lowest BCUT2D eigenvalue weighted by molar-refractivity contribution is 0.246. The summed E-state index contributed by atoms with van der Waals surface area (Å²) < 4.78 is 0. The smallest absolute Gasteiger partial charge is 0.0241 e. The van der Waals surface area contributed by atoms with E-state index < -0.39 is 0 Å². The molecule has 0 spiro atoms. The third-order valence-corrected chi connectivity index (χ3v) is 3.50. The van der Waals surface area contributed by atoms with Crippen LogP contribution >= 0.6 is 0 Å². The third-order valence-electron chi connectivity index (χ3n) is 3.50. The molecule has 3 nitrogen and oxygen atoms in total. The Balaban J connectivity index is 1.92. The summed E-state index contributed by atoms with van der Waals surface area (Å²) in [6.07, 6.45) is 0. The second-order valence-electron chi connectivity index (χ2n) is 5.40. The Morgan fingerprint density at radius 2 is 2.00 bits per heavy atom. The molecule has 3 heteroatoms. The van der Waals surface area contributed by atoms with E-state index in [0.717, 1.165) is 39.3 Å². The fourth-order valence-corrected chi connectivity index (χ4v) is 2.40. The van der Waals surface area contributed by atoms with E-state index in [0.29, 0.717) is 0 Å². The van der Waals surface area contributed by atoms with E-state index in [-0.39, 0.29) is 0 Å². The van der Waals surface area contributed by atoms with Crippen molar-refractivity contribution in [3.8, 4) is 0 Å². The Labute approximate surface area is 111 Å². The molecule has 1 aromatic carbocycles. The van der Waals surface area contributed by atoms with Crippen molar-refractivity contribution in [2.24, 2.45) is 0 Å². The standard InChI is InChI=1S/C15H25N3/c1-4-16-10-13-5-6-14-11-18(8-7-17(2)3)12-15(14)9-13/h5-6,9,16H,4,7-8,10-12H2,1-3H3. The van der Waals surface area contributed by atoms with Crippen LogP contribution in [0.25, 0.3) is 0 Å². The SMILES string of the molecule is CCNCc1ccc2c(c1)CN(CCN(C)C)C2. The molecule has 1 N–H and O–H groups in total. The summed E-state index contributed by atoms with van der Waals surface area (Å²) in [4.78, 5) is 4.78. The van der Waals surface area contributed by atoms with Crippen LogP contribution in [0.15, 0.2) is 18.2 Å². The van der Waals surface area contributed by atoms with Gasteiger partial charge in [0.2, 0.25) is 0 Å². The van der Waals surface area contributed by atoms with Gasteiger partial charge in [-0.1, -0.05) is 25.1 Å². The Bertz CT molecular complexity index is 387. The van der Waals surface area contributed by atoms with Gasteiger partial charge in [-0.05, 0) is 37.3 Å². The summed E-state index contributed by atoms with van der Waals surface area (Å²) in [5, 5.41) is 3.39. The zero-order chi connectivity index (χ0) is 13.0. The first-order valence-electron chi connectivity index (χ1n) is 6.87. The first-order chi connectivity index (χ1) is 8.69. The van der Waals surface area contributed by atoms with Crippen molar-refractivity contribution in [2.45, 2.75) is 26.6 Å². The molecule has 0 aliphatic carbocycles. The normalized spacial score (nSPS) is 15.3. The highest BCUT2D eigenvalue weighted by atomic mass is 15.2. The summed E-state index contributed by atoms with van der Waals surface area (Å²) in [5.74, 6) is 0. The number of fused-ring (bicyclic) bond motifs is 1. The fraction of sp³-hybridized carbons (Fsp3) is 0.600. The molecule has 0 amide bonds. The maximum atomic E-state index is 3.39. The minimum absolute atomic E-state index is 0.988. The van der Waals surface area contributed by atoms with Gasteiger partial charge in [-0.2, -0.15) is 0 Å². The van der Waals surface area contributed by atoms with Crippen LogP contribution in [-0.2, 0) is 19.6 Å². The third kappa shape index (κ3) is 3.55. The van der Waals surface area contributed by atoms with Crippen LogP contribution in [0.5, 0.6) is 0 Å². The lowest BCUT2D eigenvalue weighted by atomic mass is 10.1. The van der Waals surface area contributed by atoms with E-state index in [9.17, 15) is 0 Å². The van der Waals surface area contributed by atoms with E-state index in [4.69, 9.17) is 0 Å². The molecule has 0 aromatic heterocycles. The molecule has 1 aliphatic rings. The van der Waals surface area contributed by atoms with Gasteiger partial charge < -0.3 is 10.2 Å². The summed E-state index contributed by atoms with van der Waals surface area (Å²) in [7, 11) is 4.27. The molecule has 0 bridgehead atoms. The number of rotatable bonds is 6. The number of likely N-dealkylation sites (N-methyl/N-ethyl adjacent to an activating group) is 1. The number of nitrogens with zero attached hydrogens (tertiary/aromatic N) is 2. The van der Waals surface area contributed by atoms with Crippen molar-refractivity contribution in [1.82, 2.24) is 15.1 Å². The van der Waals surface area contributed by atoms with Gasteiger partial charge >= 0.3 is 0 Å². The zero-order valence-corrected chi connectivity index (χ0v) is 11.9. The van der Waals surface area contributed by atoms with Crippen molar-refractivity contribution in [3.05, 3.63) is 34.9 Å².